The lowest BCUT2D eigenvalue weighted by atomic mass is 9.78. The summed E-state index contributed by atoms with van der Waals surface area (Å²) < 4.78 is 5.33. The molecular formula is C13H25NO2. The molecule has 0 bridgehead atoms. The lowest BCUT2D eigenvalue weighted by molar-refractivity contribution is -0.0192. The fraction of sp³-hybridized carbons (Fsp3) is 0.923. The molecule has 0 aromatic rings. The molecule has 1 heterocycles. The van der Waals surface area contributed by atoms with Crippen LogP contribution in [-0.4, -0.2) is 28.7 Å². The molecule has 0 aromatic carbocycles. The van der Waals surface area contributed by atoms with E-state index < -0.39 is 0 Å². The molecule has 0 saturated carbocycles. The minimum atomic E-state index is -0.168. The van der Waals surface area contributed by atoms with Crippen molar-refractivity contribution in [1.29, 1.82) is 0 Å². The molecular weight excluding hydrogens is 202 g/mol. The van der Waals surface area contributed by atoms with Crippen molar-refractivity contribution < 1.29 is 9.53 Å². The Hall–Kier alpha value is -0.730. The summed E-state index contributed by atoms with van der Waals surface area (Å²) in [5, 5.41) is 0. The summed E-state index contributed by atoms with van der Waals surface area (Å²) in [6, 6.07) is 0.275. The minimum Gasteiger partial charge on any atom is -0.447 e. The Morgan fingerprint density at radius 2 is 1.88 bits per heavy atom. The Labute approximate surface area is 99.1 Å². The van der Waals surface area contributed by atoms with Crippen molar-refractivity contribution in [2.24, 2.45) is 5.92 Å². The van der Waals surface area contributed by atoms with Crippen molar-refractivity contribution in [2.75, 3.05) is 0 Å². The van der Waals surface area contributed by atoms with Crippen molar-refractivity contribution in [2.45, 2.75) is 72.1 Å². The van der Waals surface area contributed by atoms with Crippen LogP contribution in [0.25, 0.3) is 0 Å². The molecule has 0 N–H and O–H groups in total. The van der Waals surface area contributed by atoms with Crippen LogP contribution in [0.3, 0.4) is 0 Å². The first-order valence-corrected chi connectivity index (χ1v) is 6.26. The number of piperidine rings is 1. The first-order chi connectivity index (χ1) is 7.26. The molecule has 2 atom stereocenters. The van der Waals surface area contributed by atoms with Gasteiger partial charge < -0.3 is 9.64 Å². The van der Waals surface area contributed by atoms with Crippen molar-refractivity contribution in [3.8, 4) is 0 Å². The molecule has 1 rings (SSSR count). The summed E-state index contributed by atoms with van der Waals surface area (Å²) in [6.45, 7) is 12.4. The number of carbonyl (C=O) groups excluding carboxylic acids is 1. The molecule has 1 aliphatic rings. The van der Waals surface area contributed by atoms with Gasteiger partial charge in [0.2, 0.25) is 0 Å². The summed E-state index contributed by atoms with van der Waals surface area (Å²) in [5.74, 6) is 0.517. The van der Waals surface area contributed by atoms with Gasteiger partial charge >= 0.3 is 6.09 Å². The van der Waals surface area contributed by atoms with Crippen molar-refractivity contribution in [3.05, 3.63) is 0 Å². The molecule has 3 nitrogen and oxygen atoms in total. The van der Waals surface area contributed by atoms with Crippen LogP contribution in [-0.2, 0) is 4.74 Å². The van der Waals surface area contributed by atoms with E-state index in [4.69, 9.17) is 4.74 Å². The quantitative estimate of drug-likeness (QED) is 0.687. The highest BCUT2D eigenvalue weighted by atomic mass is 16.6. The molecule has 1 saturated heterocycles. The Kier molecular flexibility index (Phi) is 3.87. The highest BCUT2D eigenvalue weighted by Gasteiger charge is 2.43. The molecule has 2 unspecified atom stereocenters. The second-order valence-electron chi connectivity index (χ2n) is 5.78. The molecule has 0 radical (unpaired) electrons. The van der Waals surface area contributed by atoms with Crippen LogP contribution in [0, 0.1) is 5.92 Å². The van der Waals surface area contributed by atoms with Crippen LogP contribution < -0.4 is 0 Å². The van der Waals surface area contributed by atoms with Crippen LogP contribution in [0.15, 0.2) is 0 Å². The van der Waals surface area contributed by atoms with Crippen LogP contribution in [0.5, 0.6) is 0 Å². The van der Waals surface area contributed by atoms with Crippen molar-refractivity contribution in [1.82, 2.24) is 4.90 Å². The van der Waals surface area contributed by atoms with Gasteiger partial charge in [-0.05, 0) is 53.4 Å². The second kappa shape index (κ2) is 4.64. The maximum Gasteiger partial charge on any atom is 0.410 e. The average molecular weight is 227 g/mol. The average Bonchev–Trinajstić information content (AvgIpc) is 2.10. The van der Waals surface area contributed by atoms with E-state index >= 15 is 0 Å². The van der Waals surface area contributed by atoms with Gasteiger partial charge in [-0.3, -0.25) is 0 Å². The smallest absolute Gasteiger partial charge is 0.410 e. The molecule has 1 aliphatic heterocycles. The topological polar surface area (TPSA) is 29.5 Å². The van der Waals surface area contributed by atoms with Crippen molar-refractivity contribution in [3.63, 3.8) is 0 Å². The Morgan fingerprint density at radius 1 is 1.31 bits per heavy atom. The number of hydrogen-bond donors (Lipinski definition) is 0. The molecule has 1 amide bonds. The van der Waals surface area contributed by atoms with E-state index in [2.05, 4.69) is 27.7 Å². The van der Waals surface area contributed by atoms with Gasteiger partial charge in [-0.15, -0.1) is 0 Å². The van der Waals surface area contributed by atoms with Crippen LogP contribution in [0.1, 0.15) is 54.4 Å². The van der Waals surface area contributed by atoms with Gasteiger partial charge in [-0.1, -0.05) is 6.92 Å². The van der Waals surface area contributed by atoms with Crippen LogP contribution in [0.4, 0.5) is 4.79 Å². The van der Waals surface area contributed by atoms with E-state index in [0.717, 1.165) is 6.42 Å². The molecule has 0 spiro atoms. The Morgan fingerprint density at radius 3 is 2.38 bits per heavy atom. The van der Waals surface area contributed by atoms with Gasteiger partial charge in [0, 0.05) is 11.6 Å². The van der Waals surface area contributed by atoms with E-state index in [9.17, 15) is 4.79 Å². The van der Waals surface area contributed by atoms with Crippen LogP contribution in [0.2, 0.25) is 0 Å². The van der Waals surface area contributed by atoms with E-state index in [1.807, 2.05) is 18.7 Å². The predicted octanol–water partition coefficient (Wildman–Crippen LogP) is 3.43. The number of likely N-dealkylation sites (tertiary alicyclic amines) is 1. The van der Waals surface area contributed by atoms with Gasteiger partial charge in [0.1, 0.15) is 0 Å². The third-order valence-electron chi connectivity index (χ3n) is 3.82. The number of ether oxygens (including phenoxy) is 1. The molecule has 1 fully saturated rings. The summed E-state index contributed by atoms with van der Waals surface area (Å²) in [7, 11) is 0. The number of nitrogens with zero attached hydrogens (tertiary/aromatic N) is 1. The lowest BCUT2D eigenvalue weighted by Gasteiger charge is -2.49. The van der Waals surface area contributed by atoms with E-state index in [1.165, 1.54) is 6.42 Å². The number of rotatable bonds is 1. The third-order valence-corrected chi connectivity index (χ3v) is 3.82. The highest BCUT2D eigenvalue weighted by molar-refractivity contribution is 5.69. The lowest BCUT2D eigenvalue weighted by Crippen LogP contribution is -2.59. The van der Waals surface area contributed by atoms with Crippen molar-refractivity contribution >= 4 is 6.09 Å². The monoisotopic (exact) mass is 227 g/mol. The van der Waals surface area contributed by atoms with Gasteiger partial charge in [-0.25, -0.2) is 4.79 Å². The molecule has 16 heavy (non-hydrogen) atoms. The van der Waals surface area contributed by atoms with Gasteiger partial charge in [0.25, 0.3) is 0 Å². The molecule has 94 valence electrons. The fourth-order valence-corrected chi connectivity index (χ4v) is 2.45. The first kappa shape index (κ1) is 13.3. The first-order valence-electron chi connectivity index (χ1n) is 6.26. The largest absolute Gasteiger partial charge is 0.447 e. The number of carbonyl (C=O) groups is 1. The predicted molar refractivity (Wildman–Crippen MR) is 65.4 cm³/mol. The number of amides is 1. The summed E-state index contributed by atoms with van der Waals surface area (Å²) in [4.78, 5) is 14.0. The van der Waals surface area contributed by atoms with E-state index in [1.54, 1.807) is 0 Å². The second-order valence-corrected chi connectivity index (χ2v) is 5.78. The third kappa shape index (κ3) is 2.50. The molecule has 3 heteroatoms. The fourth-order valence-electron chi connectivity index (χ4n) is 2.45. The van der Waals surface area contributed by atoms with Gasteiger partial charge in [-0.2, -0.15) is 0 Å². The zero-order chi connectivity index (χ0) is 12.5. The Balaban J connectivity index is 2.84. The van der Waals surface area contributed by atoms with E-state index in [-0.39, 0.29) is 23.8 Å². The van der Waals surface area contributed by atoms with Gasteiger partial charge in [0.15, 0.2) is 0 Å². The summed E-state index contributed by atoms with van der Waals surface area (Å²) in [5.41, 5.74) is -0.107. The van der Waals surface area contributed by atoms with Crippen LogP contribution >= 0.6 is 0 Å². The maximum absolute atomic E-state index is 12.1. The zero-order valence-corrected chi connectivity index (χ0v) is 11.4. The SMILES string of the molecule is CC(C)OC(=O)N1C(C)CCC(C)C1(C)C. The molecule has 0 aromatic heterocycles. The highest BCUT2D eigenvalue weighted by Crippen LogP contribution is 2.36. The molecule has 0 aliphatic carbocycles. The zero-order valence-electron chi connectivity index (χ0n) is 11.4. The minimum absolute atomic E-state index is 0.0484. The summed E-state index contributed by atoms with van der Waals surface area (Å²) in [6.07, 6.45) is 2.03. The van der Waals surface area contributed by atoms with Gasteiger partial charge in [0.05, 0.1) is 6.10 Å². The summed E-state index contributed by atoms with van der Waals surface area (Å²) >= 11 is 0. The number of hydrogen-bond acceptors (Lipinski definition) is 2. The van der Waals surface area contributed by atoms with E-state index in [0.29, 0.717) is 5.92 Å². The standard InChI is InChI=1S/C13H25NO2/c1-9(2)16-12(15)14-11(4)8-7-10(3)13(14,5)6/h9-11H,7-8H2,1-6H3. The normalized spacial score (nSPS) is 29.3. The Bertz CT molecular complexity index is 261. The maximum atomic E-state index is 12.1.